The van der Waals surface area contributed by atoms with Crippen LogP contribution in [0.15, 0.2) is 0 Å². The van der Waals surface area contributed by atoms with Crippen molar-refractivity contribution in [2.45, 2.75) is 39.2 Å². The lowest BCUT2D eigenvalue weighted by molar-refractivity contribution is 0.0346. The van der Waals surface area contributed by atoms with E-state index in [1.807, 2.05) is 0 Å². The maximum atomic E-state index is 3.53. The molecule has 0 aromatic rings. The van der Waals surface area contributed by atoms with Gasteiger partial charge in [-0.3, -0.25) is 4.90 Å². The van der Waals surface area contributed by atoms with Gasteiger partial charge in [0.1, 0.15) is 0 Å². The van der Waals surface area contributed by atoms with Gasteiger partial charge >= 0.3 is 0 Å². The SMILES string of the molecule is CC(C)(C)N1CCC2CCNCC2C1. The third-order valence-electron chi connectivity index (χ3n) is 3.94. The normalized spacial score (nSPS) is 35.4. The van der Waals surface area contributed by atoms with Crippen molar-refractivity contribution in [1.29, 1.82) is 0 Å². The zero-order chi connectivity index (χ0) is 10.2. The molecule has 2 aliphatic rings. The summed E-state index contributed by atoms with van der Waals surface area (Å²) in [5.41, 5.74) is 0.364. The quantitative estimate of drug-likeness (QED) is 0.634. The summed E-state index contributed by atoms with van der Waals surface area (Å²) in [5, 5.41) is 3.53. The lowest BCUT2D eigenvalue weighted by Gasteiger charge is -2.46. The maximum Gasteiger partial charge on any atom is 0.0125 e. The van der Waals surface area contributed by atoms with E-state index in [0.717, 1.165) is 11.8 Å². The Morgan fingerprint density at radius 2 is 1.93 bits per heavy atom. The van der Waals surface area contributed by atoms with Crippen LogP contribution in [-0.4, -0.2) is 36.6 Å². The van der Waals surface area contributed by atoms with Crippen LogP contribution in [0.1, 0.15) is 33.6 Å². The van der Waals surface area contributed by atoms with Crippen LogP contribution in [0, 0.1) is 11.8 Å². The van der Waals surface area contributed by atoms with E-state index in [2.05, 4.69) is 31.0 Å². The van der Waals surface area contributed by atoms with Gasteiger partial charge in [-0.2, -0.15) is 0 Å². The molecule has 0 aromatic heterocycles. The molecule has 0 bridgehead atoms. The lowest BCUT2D eigenvalue weighted by Crippen LogP contribution is -2.53. The molecule has 0 amide bonds. The van der Waals surface area contributed by atoms with Gasteiger partial charge in [0.25, 0.3) is 0 Å². The third-order valence-corrected chi connectivity index (χ3v) is 3.94. The van der Waals surface area contributed by atoms with E-state index in [4.69, 9.17) is 0 Å². The van der Waals surface area contributed by atoms with Gasteiger partial charge in [-0.25, -0.2) is 0 Å². The van der Waals surface area contributed by atoms with Crippen LogP contribution in [-0.2, 0) is 0 Å². The van der Waals surface area contributed by atoms with Crippen molar-refractivity contribution < 1.29 is 0 Å². The molecule has 14 heavy (non-hydrogen) atoms. The van der Waals surface area contributed by atoms with Crippen molar-refractivity contribution >= 4 is 0 Å². The molecule has 82 valence electrons. The Labute approximate surface area is 88.1 Å². The largest absolute Gasteiger partial charge is 0.316 e. The fourth-order valence-corrected chi connectivity index (χ4v) is 2.88. The molecule has 2 fully saturated rings. The zero-order valence-electron chi connectivity index (χ0n) is 9.84. The molecular formula is C12H24N2. The number of rotatable bonds is 0. The highest BCUT2D eigenvalue weighted by Gasteiger charge is 2.34. The highest BCUT2D eigenvalue weighted by molar-refractivity contribution is 4.89. The predicted molar refractivity (Wildman–Crippen MR) is 60.4 cm³/mol. The standard InChI is InChI=1S/C12H24N2/c1-12(2,3)14-7-5-10-4-6-13-8-11(10)9-14/h10-11,13H,4-9H2,1-3H3. The van der Waals surface area contributed by atoms with Gasteiger partial charge in [0.15, 0.2) is 0 Å². The van der Waals surface area contributed by atoms with Crippen LogP contribution in [0.2, 0.25) is 0 Å². The Hall–Kier alpha value is -0.0800. The van der Waals surface area contributed by atoms with E-state index in [-0.39, 0.29) is 0 Å². The second kappa shape index (κ2) is 3.82. The fraction of sp³-hybridized carbons (Fsp3) is 1.00. The first-order valence-electron chi connectivity index (χ1n) is 6.03. The molecule has 1 N–H and O–H groups in total. The molecule has 0 aliphatic carbocycles. The molecular weight excluding hydrogens is 172 g/mol. The van der Waals surface area contributed by atoms with Crippen molar-refractivity contribution in [3.8, 4) is 0 Å². The van der Waals surface area contributed by atoms with Crippen molar-refractivity contribution in [3.05, 3.63) is 0 Å². The van der Waals surface area contributed by atoms with Crippen LogP contribution >= 0.6 is 0 Å². The van der Waals surface area contributed by atoms with Crippen molar-refractivity contribution in [3.63, 3.8) is 0 Å². The summed E-state index contributed by atoms with van der Waals surface area (Å²) in [5.74, 6) is 1.92. The van der Waals surface area contributed by atoms with E-state index in [0.29, 0.717) is 5.54 Å². The smallest absolute Gasteiger partial charge is 0.0125 e. The van der Waals surface area contributed by atoms with Crippen molar-refractivity contribution in [1.82, 2.24) is 10.2 Å². The Morgan fingerprint density at radius 3 is 2.64 bits per heavy atom. The molecule has 0 aromatic carbocycles. The first-order valence-corrected chi connectivity index (χ1v) is 6.03. The minimum Gasteiger partial charge on any atom is -0.316 e. The van der Waals surface area contributed by atoms with Gasteiger partial charge < -0.3 is 5.32 Å². The summed E-state index contributed by atoms with van der Waals surface area (Å²) in [6.07, 6.45) is 2.83. The number of likely N-dealkylation sites (tertiary alicyclic amines) is 1. The topological polar surface area (TPSA) is 15.3 Å². The third kappa shape index (κ3) is 2.12. The van der Waals surface area contributed by atoms with E-state index in [1.165, 1.54) is 39.0 Å². The minimum atomic E-state index is 0.364. The summed E-state index contributed by atoms with van der Waals surface area (Å²) in [4.78, 5) is 2.65. The average molecular weight is 196 g/mol. The minimum absolute atomic E-state index is 0.364. The highest BCUT2D eigenvalue weighted by Crippen LogP contribution is 2.31. The highest BCUT2D eigenvalue weighted by atomic mass is 15.2. The number of hydrogen-bond donors (Lipinski definition) is 1. The maximum absolute atomic E-state index is 3.53. The van der Waals surface area contributed by atoms with Gasteiger partial charge in [0.2, 0.25) is 0 Å². The Balaban J connectivity index is 1.96. The van der Waals surface area contributed by atoms with Gasteiger partial charge in [-0.05, 0) is 65.1 Å². The molecule has 0 saturated carbocycles. The molecule has 2 unspecified atom stereocenters. The van der Waals surface area contributed by atoms with E-state index in [1.54, 1.807) is 0 Å². The predicted octanol–water partition coefficient (Wildman–Crippen LogP) is 1.72. The van der Waals surface area contributed by atoms with Crippen LogP contribution in [0.4, 0.5) is 0 Å². The van der Waals surface area contributed by atoms with E-state index in [9.17, 15) is 0 Å². The molecule has 2 saturated heterocycles. The van der Waals surface area contributed by atoms with Gasteiger partial charge in [0, 0.05) is 12.1 Å². The summed E-state index contributed by atoms with van der Waals surface area (Å²) in [6, 6.07) is 0. The van der Waals surface area contributed by atoms with E-state index >= 15 is 0 Å². The molecule has 2 atom stereocenters. The summed E-state index contributed by atoms with van der Waals surface area (Å²) in [6.45, 7) is 12.1. The number of nitrogens with zero attached hydrogens (tertiary/aromatic N) is 1. The van der Waals surface area contributed by atoms with Gasteiger partial charge in [-0.15, -0.1) is 0 Å². The van der Waals surface area contributed by atoms with Crippen molar-refractivity contribution in [2.24, 2.45) is 11.8 Å². The van der Waals surface area contributed by atoms with Crippen LogP contribution in [0.3, 0.4) is 0 Å². The second-order valence-corrected chi connectivity index (χ2v) is 5.92. The molecule has 0 radical (unpaired) electrons. The van der Waals surface area contributed by atoms with Crippen LogP contribution in [0.25, 0.3) is 0 Å². The lowest BCUT2D eigenvalue weighted by atomic mass is 9.79. The first-order chi connectivity index (χ1) is 6.57. The molecule has 2 rings (SSSR count). The molecule has 2 nitrogen and oxygen atoms in total. The number of nitrogens with one attached hydrogen (secondary N) is 1. The molecule has 2 aliphatic heterocycles. The van der Waals surface area contributed by atoms with Gasteiger partial charge in [0.05, 0.1) is 0 Å². The second-order valence-electron chi connectivity index (χ2n) is 5.92. The Bertz CT molecular complexity index is 195. The fourth-order valence-electron chi connectivity index (χ4n) is 2.88. The number of piperidine rings is 2. The zero-order valence-corrected chi connectivity index (χ0v) is 9.84. The first kappa shape index (κ1) is 10.4. The molecule has 2 heteroatoms. The van der Waals surface area contributed by atoms with Crippen LogP contribution < -0.4 is 5.32 Å². The number of hydrogen-bond acceptors (Lipinski definition) is 2. The molecule has 0 spiro atoms. The summed E-state index contributed by atoms with van der Waals surface area (Å²) in [7, 11) is 0. The Morgan fingerprint density at radius 1 is 1.14 bits per heavy atom. The summed E-state index contributed by atoms with van der Waals surface area (Å²) < 4.78 is 0. The van der Waals surface area contributed by atoms with Gasteiger partial charge in [-0.1, -0.05) is 0 Å². The van der Waals surface area contributed by atoms with E-state index < -0.39 is 0 Å². The van der Waals surface area contributed by atoms with Crippen LogP contribution in [0.5, 0.6) is 0 Å². The molecule has 2 heterocycles. The average Bonchev–Trinajstić information content (AvgIpc) is 2.16. The monoisotopic (exact) mass is 196 g/mol. The summed E-state index contributed by atoms with van der Waals surface area (Å²) >= 11 is 0. The Kier molecular flexibility index (Phi) is 2.85. The number of fused-ring (bicyclic) bond motifs is 1. The van der Waals surface area contributed by atoms with Crippen molar-refractivity contribution in [2.75, 3.05) is 26.2 Å².